The van der Waals surface area contributed by atoms with E-state index in [0.29, 0.717) is 18.7 Å². The van der Waals surface area contributed by atoms with E-state index < -0.39 is 8.32 Å². The molecule has 3 saturated heterocycles. The zero-order chi connectivity index (χ0) is 34.8. The van der Waals surface area contributed by atoms with Gasteiger partial charge in [-0.25, -0.2) is 9.78 Å². The third kappa shape index (κ3) is 9.20. The van der Waals surface area contributed by atoms with Gasteiger partial charge in [0, 0.05) is 30.8 Å². The van der Waals surface area contributed by atoms with Crippen LogP contribution in [0.5, 0.6) is 0 Å². The van der Waals surface area contributed by atoms with Crippen LogP contribution in [-0.2, 0) is 28.2 Å². The summed E-state index contributed by atoms with van der Waals surface area (Å²) in [7, 11) is -2.02. The number of aromatic nitrogens is 1. The Morgan fingerprint density at radius 3 is 2.46 bits per heavy atom. The third-order valence-corrected chi connectivity index (χ3v) is 16.5. The van der Waals surface area contributed by atoms with Crippen LogP contribution in [0.4, 0.5) is 0 Å². The molecule has 1 aromatic rings. The molecule has 266 valence electrons. The Labute approximate surface area is 302 Å². The lowest BCUT2D eigenvalue weighted by molar-refractivity contribution is -0.180. The zero-order valence-corrected chi connectivity index (χ0v) is 33.2. The number of hydrogen-bond acceptors (Lipinski definition) is 8. The third-order valence-electron chi connectivity index (χ3n) is 11.0. The molecule has 8 nitrogen and oxygen atoms in total. The molecule has 0 unspecified atom stereocenters. The lowest BCUT2D eigenvalue weighted by Gasteiger charge is -2.44. The van der Waals surface area contributed by atoms with Crippen LogP contribution < -0.4 is 0 Å². The maximum Gasteiger partial charge on any atom is 0.330 e. The van der Waals surface area contributed by atoms with Crippen LogP contribution in [0.1, 0.15) is 104 Å². The number of hydrogen-bond donors (Lipinski definition) is 0. The molecule has 5 heterocycles. The molecule has 48 heavy (non-hydrogen) atoms. The number of esters is 1. The molecule has 0 amide bonds. The molecule has 5 rings (SSSR count). The first-order chi connectivity index (χ1) is 22.6. The van der Waals surface area contributed by atoms with Crippen molar-refractivity contribution in [3.05, 3.63) is 57.9 Å². The Morgan fingerprint density at radius 2 is 1.73 bits per heavy atom. The fourth-order valence-corrected chi connectivity index (χ4v) is 9.09. The van der Waals surface area contributed by atoms with Crippen LogP contribution >= 0.6 is 22.6 Å². The highest BCUT2D eigenvalue weighted by molar-refractivity contribution is 14.1. The minimum atomic E-state index is -2.02. The van der Waals surface area contributed by atoms with Crippen molar-refractivity contribution < 1.29 is 32.6 Å². The van der Waals surface area contributed by atoms with Crippen LogP contribution in [0.25, 0.3) is 6.08 Å². The van der Waals surface area contributed by atoms with Crippen molar-refractivity contribution in [1.82, 2.24) is 4.98 Å². The summed E-state index contributed by atoms with van der Waals surface area (Å²) in [5, 5.41) is 0.101. The average molecular weight is 794 g/mol. The number of rotatable bonds is 3. The molecule has 0 aromatic carbocycles. The SMILES string of the molecule is C=C1C[C@@H]2C/C=C\C(=O)O[C@H]3[C@@H](C)[C@@H](C/C=C/c4nc(co4)[C@H]4C[C@H](O[Si](C)(C)C(C)(C)C)C[C@@H](C[C@H](C1)O2)O4)O[C@@H](/C(C)=C/I)[C@@H]3C. The van der Waals surface area contributed by atoms with E-state index in [1.165, 1.54) is 5.57 Å². The van der Waals surface area contributed by atoms with E-state index in [0.717, 1.165) is 43.4 Å². The summed E-state index contributed by atoms with van der Waals surface area (Å²) in [6.45, 7) is 22.1. The van der Waals surface area contributed by atoms with Crippen molar-refractivity contribution in [2.45, 2.75) is 153 Å². The van der Waals surface area contributed by atoms with Gasteiger partial charge in [-0.05, 0) is 72.9 Å². The summed E-state index contributed by atoms with van der Waals surface area (Å²) < 4.78 is 41.1. The molecule has 1 aromatic heterocycles. The van der Waals surface area contributed by atoms with E-state index in [1.54, 1.807) is 12.3 Å². The van der Waals surface area contributed by atoms with Crippen LogP contribution in [0.15, 0.2) is 50.7 Å². The molecular formula is C38H56INO7Si. The predicted molar refractivity (Wildman–Crippen MR) is 199 cm³/mol. The number of oxazole rings is 1. The molecule has 0 saturated carbocycles. The van der Waals surface area contributed by atoms with Gasteiger partial charge in [0.2, 0.25) is 5.89 Å². The van der Waals surface area contributed by atoms with Gasteiger partial charge in [-0.2, -0.15) is 0 Å². The van der Waals surface area contributed by atoms with E-state index in [9.17, 15) is 4.79 Å². The van der Waals surface area contributed by atoms with Crippen LogP contribution in [0.3, 0.4) is 0 Å². The number of ether oxygens (including phenoxy) is 4. The van der Waals surface area contributed by atoms with Gasteiger partial charge in [0.1, 0.15) is 24.2 Å². The number of carbonyl (C=O) groups excluding carboxylic acids is 1. The molecular weight excluding hydrogens is 737 g/mol. The number of carbonyl (C=O) groups is 1. The van der Waals surface area contributed by atoms with Gasteiger partial charge < -0.3 is 27.8 Å². The Kier molecular flexibility index (Phi) is 12.4. The second kappa shape index (κ2) is 15.8. The molecule has 0 spiro atoms. The standard InChI is InChI=1S/C38H56INO7Si/c1-23-16-27-12-10-15-35(41)46-37-25(3)32(45-36(26(37)4)24(2)21-39)13-11-14-34-40-31(22-42-34)33-20-30(47-48(8,9)38(5,6)7)19-29(44-33)18-28(17-23)43-27/h10-11,14-15,21-22,25-30,32-33,36-37H,1,12-13,16-20H2,2-9H3/b14-11+,15-10-,24-21+/t25-,26-,27-,28-,29+,30+,32+,33+,36-,37-/m0/s1. The second-order valence-corrected chi connectivity index (χ2v) is 21.3. The Balaban J connectivity index is 1.44. The van der Waals surface area contributed by atoms with Crippen LogP contribution in [0.2, 0.25) is 18.1 Å². The highest BCUT2D eigenvalue weighted by Crippen LogP contribution is 2.43. The Hall–Kier alpha value is -1.57. The lowest BCUT2D eigenvalue weighted by Crippen LogP contribution is -2.50. The van der Waals surface area contributed by atoms with E-state index in [1.807, 2.05) is 22.3 Å². The maximum absolute atomic E-state index is 13.2. The van der Waals surface area contributed by atoms with E-state index in [-0.39, 0.29) is 71.7 Å². The maximum atomic E-state index is 13.2. The van der Waals surface area contributed by atoms with Gasteiger partial charge in [0.25, 0.3) is 0 Å². The first kappa shape index (κ1) is 37.7. The molecule has 8 bridgehead atoms. The summed E-state index contributed by atoms with van der Waals surface area (Å²) in [5.74, 6) is 0.200. The highest BCUT2D eigenvalue weighted by atomic mass is 127. The van der Waals surface area contributed by atoms with Gasteiger partial charge >= 0.3 is 5.97 Å². The quantitative estimate of drug-likeness (QED) is 0.130. The molecule has 10 heteroatoms. The second-order valence-electron chi connectivity index (χ2n) is 15.9. The fourth-order valence-electron chi connectivity index (χ4n) is 7.36. The molecule has 4 aliphatic heterocycles. The largest absolute Gasteiger partial charge is 0.458 e. The minimum absolute atomic E-state index is 0.00839. The smallest absolute Gasteiger partial charge is 0.330 e. The van der Waals surface area contributed by atoms with Gasteiger partial charge in [0.15, 0.2) is 8.32 Å². The van der Waals surface area contributed by atoms with Crippen molar-refractivity contribution in [3.63, 3.8) is 0 Å². The number of halogens is 1. The Bertz CT molecular complexity index is 1380. The molecule has 10 atom stereocenters. The van der Waals surface area contributed by atoms with Crippen molar-refractivity contribution >= 4 is 43.0 Å². The average Bonchev–Trinajstić information content (AvgIpc) is 3.47. The van der Waals surface area contributed by atoms with E-state index >= 15 is 0 Å². The van der Waals surface area contributed by atoms with Crippen LogP contribution in [-0.4, -0.2) is 62.0 Å². The summed E-state index contributed by atoms with van der Waals surface area (Å²) in [6.07, 6.45) is 13.3. The Morgan fingerprint density at radius 1 is 1.00 bits per heavy atom. The first-order valence-electron chi connectivity index (χ1n) is 17.7. The van der Waals surface area contributed by atoms with Crippen molar-refractivity contribution in [1.29, 1.82) is 0 Å². The van der Waals surface area contributed by atoms with E-state index in [2.05, 4.69) is 83.8 Å². The van der Waals surface area contributed by atoms with Gasteiger partial charge in [-0.15, -0.1) is 0 Å². The molecule has 3 fully saturated rings. The number of fused-ring (bicyclic) bond motifs is 9. The lowest BCUT2D eigenvalue weighted by atomic mass is 9.80. The molecule has 0 N–H and O–H groups in total. The van der Waals surface area contributed by atoms with Crippen molar-refractivity contribution in [3.8, 4) is 0 Å². The molecule has 0 aliphatic carbocycles. The predicted octanol–water partition coefficient (Wildman–Crippen LogP) is 9.43. The summed E-state index contributed by atoms with van der Waals surface area (Å²) in [5.41, 5.74) is 3.08. The van der Waals surface area contributed by atoms with Gasteiger partial charge in [-0.1, -0.05) is 81.5 Å². The zero-order valence-electron chi connectivity index (χ0n) is 30.1. The van der Waals surface area contributed by atoms with Crippen LogP contribution in [0, 0.1) is 11.8 Å². The molecule has 4 aliphatic rings. The van der Waals surface area contributed by atoms with Gasteiger partial charge in [0.05, 0.1) is 36.6 Å². The summed E-state index contributed by atoms with van der Waals surface area (Å²) >= 11 is 2.25. The van der Waals surface area contributed by atoms with Crippen molar-refractivity contribution in [2.75, 3.05) is 0 Å². The van der Waals surface area contributed by atoms with Crippen molar-refractivity contribution in [2.24, 2.45) is 11.8 Å². The van der Waals surface area contributed by atoms with Gasteiger partial charge in [-0.3, -0.25) is 0 Å². The normalized spacial score (nSPS) is 37.2. The first-order valence-corrected chi connectivity index (χ1v) is 21.9. The highest BCUT2D eigenvalue weighted by Gasteiger charge is 2.45. The number of nitrogens with zero attached hydrogens (tertiary/aromatic N) is 1. The minimum Gasteiger partial charge on any atom is -0.458 e. The fraction of sp³-hybridized carbons (Fsp3) is 0.684. The molecule has 0 radical (unpaired) electrons. The summed E-state index contributed by atoms with van der Waals surface area (Å²) in [6, 6.07) is 0. The topological polar surface area (TPSA) is 89.3 Å². The van der Waals surface area contributed by atoms with E-state index in [4.69, 9.17) is 32.8 Å². The monoisotopic (exact) mass is 793 g/mol. The summed E-state index contributed by atoms with van der Waals surface area (Å²) in [4.78, 5) is 18.0.